The average molecular weight is 264 g/mol. The Morgan fingerprint density at radius 2 is 2.33 bits per heavy atom. The smallest absolute Gasteiger partial charge is 0.251 e. The van der Waals surface area contributed by atoms with Crippen LogP contribution >= 0.6 is 11.5 Å². The van der Waals surface area contributed by atoms with Crippen LogP contribution in [-0.2, 0) is 0 Å². The van der Waals surface area contributed by atoms with Gasteiger partial charge >= 0.3 is 0 Å². The summed E-state index contributed by atoms with van der Waals surface area (Å²) in [5, 5.41) is 5.09. The number of carbonyl (C=O) groups excluding carboxylic acids is 1. The third-order valence-electron chi connectivity index (χ3n) is 2.91. The van der Waals surface area contributed by atoms with Crippen LogP contribution in [0.1, 0.15) is 22.2 Å². The van der Waals surface area contributed by atoms with Crippen molar-refractivity contribution in [3.05, 3.63) is 23.8 Å². The second kappa shape index (κ2) is 4.05. The van der Waals surface area contributed by atoms with Crippen LogP contribution in [0.5, 0.6) is 0 Å². The fourth-order valence-corrected chi connectivity index (χ4v) is 2.55. The molecule has 1 fully saturated rings. The minimum absolute atomic E-state index is 0.266. The summed E-state index contributed by atoms with van der Waals surface area (Å²) >= 11 is 1.40. The Balaban J connectivity index is 1.66. The largest absolute Gasteiger partial charge is 0.366 e. The van der Waals surface area contributed by atoms with E-state index < -0.39 is 5.91 Å². The molecule has 7 nitrogen and oxygen atoms in total. The molecular formula is C10H12N6OS. The molecule has 3 rings (SSSR count). The summed E-state index contributed by atoms with van der Waals surface area (Å²) in [4.78, 5) is 17.4. The molecule has 1 aliphatic heterocycles. The normalized spacial score (nSPS) is 15.7. The topological polar surface area (TPSA) is 89.9 Å². The van der Waals surface area contributed by atoms with Crippen molar-refractivity contribution in [2.24, 2.45) is 5.73 Å². The fourth-order valence-electron chi connectivity index (χ4n) is 1.86. The number of amides is 1. The van der Waals surface area contributed by atoms with E-state index in [2.05, 4.69) is 19.4 Å². The Kier molecular flexibility index (Phi) is 2.51. The highest BCUT2D eigenvalue weighted by molar-refractivity contribution is 7.09. The number of hydrogen-bond donors (Lipinski definition) is 1. The van der Waals surface area contributed by atoms with Crippen molar-refractivity contribution < 1.29 is 4.79 Å². The Morgan fingerprint density at radius 3 is 2.89 bits per heavy atom. The molecule has 2 aromatic rings. The molecule has 1 amide bonds. The number of primary amides is 1. The minimum Gasteiger partial charge on any atom is -0.366 e. The van der Waals surface area contributed by atoms with Gasteiger partial charge in [-0.2, -0.15) is 9.47 Å². The lowest BCUT2D eigenvalue weighted by molar-refractivity contribution is 0.1000. The molecule has 0 saturated carbocycles. The minimum atomic E-state index is -0.447. The molecule has 2 N–H and O–H groups in total. The van der Waals surface area contributed by atoms with Crippen LogP contribution < -0.4 is 10.6 Å². The van der Waals surface area contributed by atoms with Crippen LogP contribution in [0.3, 0.4) is 0 Å². The summed E-state index contributed by atoms with van der Waals surface area (Å²) in [5.41, 5.74) is 5.63. The van der Waals surface area contributed by atoms with E-state index in [0.29, 0.717) is 5.56 Å². The van der Waals surface area contributed by atoms with Crippen LogP contribution in [0.25, 0.3) is 0 Å². The van der Waals surface area contributed by atoms with Gasteiger partial charge in [-0.1, -0.05) is 0 Å². The summed E-state index contributed by atoms with van der Waals surface area (Å²) in [7, 11) is 0. The van der Waals surface area contributed by atoms with Crippen molar-refractivity contribution in [3.63, 3.8) is 0 Å². The third-order valence-corrected chi connectivity index (χ3v) is 3.78. The van der Waals surface area contributed by atoms with Crippen molar-refractivity contribution >= 4 is 22.6 Å². The predicted molar refractivity (Wildman–Crippen MR) is 66.6 cm³/mol. The maximum atomic E-state index is 11.0. The molecule has 2 aromatic heterocycles. The van der Waals surface area contributed by atoms with Crippen LogP contribution in [0.15, 0.2) is 12.4 Å². The zero-order chi connectivity index (χ0) is 12.7. The van der Waals surface area contributed by atoms with Crippen molar-refractivity contribution in [1.82, 2.24) is 19.1 Å². The highest BCUT2D eigenvalue weighted by Gasteiger charge is 2.31. The second-order valence-electron chi connectivity index (χ2n) is 4.26. The van der Waals surface area contributed by atoms with Crippen LogP contribution in [0.4, 0.5) is 5.13 Å². The lowest BCUT2D eigenvalue weighted by Gasteiger charge is -2.38. The van der Waals surface area contributed by atoms with E-state index in [9.17, 15) is 4.79 Å². The van der Waals surface area contributed by atoms with E-state index >= 15 is 0 Å². The predicted octanol–water partition coefficient (Wildman–Crippen LogP) is 0.203. The number of carbonyl (C=O) groups is 1. The molecule has 0 aliphatic carbocycles. The molecule has 0 atom stereocenters. The van der Waals surface area contributed by atoms with Gasteiger partial charge in [0.05, 0.1) is 17.8 Å². The molecule has 1 aliphatic rings. The van der Waals surface area contributed by atoms with Crippen molar-refractivity contribution in [1.29, 1.82) is 0 Å². The summed E-state index contributed by atoms with van der Waals surface area (Å²) in [6.07, 6.45) is 3.19. The summed E-state index contributed by atoms with van der Waals surface area (Å²) in [5.74, 6) is 0.353. The number of nitrogens with two attached hydrogens (primary N) is 1. The zero-order valence-electron chi connectivity index (χ0n) is 9.78. The SMILES string of the molecule is Cc1nsc(N2CC(n3cc(C(N)=O)cn3)C2)n1. The van der Waals surface area contributed by atoms with Crippen LogP contribution in [0, 0.1) is 6.92 Å². The number of anilines is 1. The standard InChI is InChI=1S/C10H12N6OS/c1-6-13-10(18-14-6)15-4-8(5-15)16-3-7(2-12-16)9(11)17/h2-3,8H,4-5H2,1H3,(H2,11,17). The molecular weight excluding hydrogens is 252 g/mol. The molecule has 0 radical (unpaired) electrons. The molecule has 94 valence electrons. The summed E-state index contributed by atoms with van der Waals surface area (Å²) in [6.45, 7) is 3.53. The van der Waals surface area contributed by atoms with E-state index in [1.165, 1.54) is 17.7 Å². The molecule has 3 heterocycles. The first-order chi connectivity index (χ1) is 8.63. The van der Waals surface area contributed by atoms with Crippen LogP contribution in [-0.4, -0.2) is 38.1 Å². The van der Waals surface area contributed by atoms with Crippen LogP contribution in [0.2, 0.25) is 0 Å². The zero-order valence-corrected chi connectivity index (χ0v) is 10.6. The van der Waals surface area contributed by atoms with E-state index in [1.807, 2.05) is 6.92 Å². The molecule has 0 unspecified atom stereocenters. The first-order valence-electron chi connectivity index (χ1n) is 5.52. The van der Waals surface area contributed by atoms with Crippen molar-refractivity contribution in [3.8, 4) is 0 Å². The monoisotopic (exact) mass is 264 g/mol. The quantitative estimate of drug-likeness (QED) is 0.855. The number of aromatic nitrogens is 4. The van der Waals surface area contributed by atoms with E-state index in [-0.39, 0.29) is 6.04 Å². The first-order valence-corrected chi connectivity index (χ1v) is 6.30. The summed E-state index contributed by atoms with van der Waals surface area (Å²) < 4.78 is 5.93. The van der Waals surface area contributed by atoms with Gasteiger partial charge in [0.25, 0.3) is 5.91 Å². The molecule has 0 spiro atoms. The first kappa shape index (κ1) is 11.1. The van der Waals surface area contributed by atoms with Gasteiger partial charge in [-0.25, -0.2) is 4.98 Å². The van der Waals surface area contributed by atoms with Crippen molar-refractivity contribution in [2.45, 2.75) is 13.0 Å². The number of nitrogens with zero attached hydrogens (tertiary/aromatic N) is 5. The van der Waals surface area contributed by atoms with Gasteiger partial charge in [-0.15, -0.1) is 0 Å². The van der Waals surface area contributed by atoms with E-state index in [4.69, 9.17) is 5.73 Å². The van der Waals surface area contributed by atoms with Gasteiger partial charge in [0, 0.05) is 30.8 Å². The highest BCUT2D eigenvalue weighted by atomic mass is 32.1. The number of aryl methyl sites for hydroxylation is 1. The number of rotatable bonds is 3. The maximum Gasteiger partial charge on any atom is 0.251 e. The molecule has 0 bridgehead atoms. The Hall–Kier alpha value is -1.96. The summed E-state index contributed by atoms with van der Waals surface area (Å²) in [6, 6.07) is 0.266. The van der Waals surface area contributed by atoms with Gasteiger partial charge in [-0.05, 0) is 6.92 Å². The maximum absolute atomic E-state index is 11.0. The average Bonchev–Trinajstić information content (AvgIpc) is 2.86. The van der Waals surface area contributed by atoms with E-state index in [1.54, 1.807) is 10.9 Å². The third kappa shape index (κ3) is 1.84. The Morgan fingerprint density at radius 1 is 1.56 bits per heavy atom. The van der Waals surface area contributed by atoms with Gasteiger partial charge < -0.3 is 10.6 Å². The molecule has 1 saturated heterocycles. The second-order valence-corrected chi connectivity index (χ2v) is 4.99. The molecule has 18 heavy (non-hydrogen) atoms. The van der Waals surface area contributed by atoms with E-state index in [0.717, 1.165) is 24.0 Å². The number of hydrogen-bond acceptors (Lipinski definition) is 6. The molecule has 8 heteroatoms. The Labute approximate surface area is 107 Å². The highest BCUT2D eigenvalue weighted by Crippen LogP contribution is 2.28. The van der Waals surface area contributed by atoms with Crippen molar-refractivity contribution in [2.75, 3.05) is 18.0 Å². The lowest BCUT2D eigenvalue weighted by Crippen LogP contribution is -2.48. The Bertz CT molecular complexity index is 585. The van der Waals surface area contributed by atoms with Gasteiger partial charge in [0.1, 0.15) is 5.82 Å². The molecule has 0 aromatic carbocycles. The lowest BCUT2D eigenvalue weighted by atomic mass is 10.1. The van der Waals surface area contributed by atoms with Gasteiger partial charge in [-0.3, -0.25) is 9.48 Å². The van der Waals surface area contributed by atoms with Gasteiger partial charge in [0.15, 0.2) is 0 Å². The fraction of sp³-hybridized carbons (Fsp3) is 0.400. The van der Waals surface area contributed by atoms with Gasteiger partial charge in [0.2, 0.25) is 5.13 Å².